The van der Waals surface area contributed by atoms with Gasteiger partial charge in [-0.05, 0) is 44.4 Å². The number of aliphatic hydroxyl groups excluding tert-OH is 1. The van der Waals surface area contributed by atoms with Gasteiger partial charge < -0.3 is 15.2 Å². The lowest BCUT2D eigenvalue weighted by Gasteiger charge is -2.25. The zero-order valence-electron chi connectivity index (χ0n) is 11.7. The Bertz CT molecular complexity index is 350. The first-order valence-corrected chi connectivity index (χ1v) is 6.65. The molecule has 0 saturated heterocycles. The van der Waals surface area contributed by atoms with Crippen LogP contribution in [0.1, 0.15) is 39.2 Å². The van der Waals surface area contributed by atoms with Gasteiger partial charge in [0.2, 0.25) is 0 Å². The number of nitrogens with one attached hydrogen (secondary N) is 1. The molecule has 1 aromatic carbocycles. The molecule has 3 heteroatoms. The third kappa shape index (κ3) is 5.52. The second kappa shape index (κ2) is 7.39. The Labute approximate surface area is 110 Å². The summed E-state index contributed by atoms with van der Waals surface area (Å²) in [7, 11) is 0. The predicted molar refractivity (Wildman–Crippen MR) is 74.8 cm³/mol. The van der Waals surface area contributed by atoms with Gasteiger partial charge in [0.15, 0.2) is 0 Å². The monoisotopic (exact) mass is 251 g/mol. The van der Waals surface area contributed by atoms with Gasteiger partial charge in [-0.3, -0.25) is 0 Å². The van der Waals surface area contributed by atoms with Crippen LogP contribution >= 0.6 is 0 Å². The van der Waals surface area contributed by atoms with Crippen molar-refractivity contribution in [1.82, 2.24) is 5.32 Å². The summed E-state index contributed by atoms with van der Waals surface area (Å²) in [4.78, 5) is 0. The first kappa shape index (κ1) is 15.0. The fourth-order valence-electron chi connectivity index (χ4n) is 1.67. The number of ether oxygens (including phenoxy) is 1. The zero-order chi connectivity index (χ0) is 13.4. The molecule has 0 aliphatic heterocycles. The lowest BCUT2D eigenvalue weighted by molar-refractivity contribution is 0.230. The van der Waals surface area contributed by atoms with Crippen LogP contribution in [0.3, 0.4) is 0 Å². The second-order valence-corrected chi connectivity index (χ2v) is 5.21. The van der Waals surface area contributed by atoms with E-state index in [1.807, 2.05) is 12.1 Å². The third-order valence-corrected chi connectivity index (χ3v) is 2.88. The standard InChI is InChI=1S/C15H25NO2/c1-4-10-18-14-7-5-6-13(11-14)12-16-15(2,3)8-9-17/h5-7,11,16-17H,4,8-10,12H2,1-3H3. The maximum Gasteiger partial charge on any atom is 0.119 e. The van der Waals surface area contributed by atoms with Crippen molar-refractivity contribution in [2.75, 3.05) is 13.2 Å². The van der Waals surface area contributed by atoms with Crippen LogP contribution in [0.25, 0.3) is 0 Å². The highest BCUT2D eigenvalue weighted by Crippen LogP contribution is 2.15. The van der Waals surface area contributed by atoms with Crippen LogP contribution in [0, 0.1) is 0 Å². The van der Waals surface area contributed by atoms with E-state index in [1.165, 1.54) is 5.56 Å². The summed E-state index contributed by atoms with van der Waals surface area (Å²) in [6, 6.07) is 8.15. The summed E-state index contributed by atoms with van der Waals surface area (Å²) < 4.78 is 5.61. The van der Waals surface area contributed by atoms with E-state index in [0.717, 1.165) is 31.7 Å². The highest BCUT2D eigenvalue weighted by atomic mass is 16.5. The molecule has 0 aliphatic rings. The third-order valence-electron chi connectivity index (χ3n) is 2.88. The van der Waals surface area contributed by atoms with Crippen LogP contribution in [-0.4, -0.2) is 23.9 Å². The van der Waals surface area contributed by atoms with Crippen molar-refractivity contribution < 1.29 is 9.84 Å². The fraction of sp³-hybridized carbons (Fsp3) is 0.600. The van der Waals surface area contributed by atoms with Crippen molar-refractivity contribution >= 4 is 0 Å². The molecular weight excluding hydrogens is 226 g/mol. The highest BCUT2D eigenvalue weighted by Gasteiger charge is 2.15. The summed E-state index contributed by atoms with van der Waals surface area (Å²) in [5.74, 6) is 0.927. The van der Waals surface area contributed by atoms with Crippen LogP contribution < -0.4 is 10.1 Å². The average molecular weight is 251 g/mol. The molecular formula is C15H25NO2. The maximum atomic E-state index is 8.98. The summed E-state index contributed by atoms with van der Waals surface area (Å²) in [6.07, 6.45) is 1.77. The van der Waals surface area contributed by atoms with E-state index >= 15 is 0 Å². The van der Waals surface area contributed by atoms with Gasteiger partial charge in [0, 0.05) is 18.7 Å². The molecule has 3 nitrogen and oxygen atoms in total. The molecule has 1 rings (SSSR count). The van der Waals surface area contributed by atoms with Crippen LogP contribution in [0.5, 0.6) is 5.75 Å². The zero-order valence-corrected chi connectivity index (χ0v) is 11.7. The molecule has 0 heterocycles. The summed E-state index contributed by atoms with van der Waals surface area (Å²) in [5, 5.41) is 12.4. The summed E-state index contributed by atoms with van der Waals surface area (Å²) >= 11 is 0. The van der Waals surface area contributed by atoms with Crippen LogP contribution in [-0.2, 0) is 6.54 Å². The average Bonchev–Trinajstić information content (AvgIpc) is 2.35. The van der Waals surface area contributed by atoms with Crippen LogP contribution in [0.4, 0.5) is 0 Å². The van der Waals surface area contributed by atoms with Crippen LogP contribution in [0.15, 0.2) is 24.3 Å². The number of hydrogen-bond donors (Lipinski definition) is 2. The van der Waals surface area contributed by atoms with E-state index in [9.17, 15) is 0 Å². The Hall–Kier alpha value is -1.06. The Morgan fingerprint density at radius 2 is 2.11 bits per heavy atom. The molecule has 0 fully saturated rings. The molecule has 102 valence electrons. The molecule has 18 heavy (non-hydrogen) atoms. The quantitative estimate of drug-likeness (QED) is 0.746. The topological polar surface area (TPSA) is 41.5 Å². The number of aliphatic hydroxyl groups is 1. The number of rotatable bonds is 8. The molecule has 0 saturated carbocycles. The molecule has 0 radical (unpaired) electrons. The Balaban J connectivity index is 2.51. The van der Waals surface area contributed by atoms with Crippen molar-refractivity contribution in [2.24, 2.45) is 0 Å². The molecule has 0 aromatic heterocycles. The van der Waals surface area contributed by atoms with Crippen molar-refractivity contribution in [1.29, 1.82) is 0 Å². The molecule has 1 aromatic rings. The first-order chi connectivity index (χ1) is 8.57. The molecule has 0 aliphatic carbocycles. The predicted octanol–water partition coefficient (Wildman–Crippen LogP) is 2.73. The minimum Gasteiger partial charge on any atom is -0.494 e. The van der Waals surface area contributed by atoms with Gasteiger partial charge >= 0.3 is 0 Å². The molecule has 2 N–H and O–H groups in total. The van der Waals surface area contributed by atoms with Crippen molar-refractivity contribution in [3.63, 3.8) is 0 Å². The van der Waals surface area contributed by atoms with Crippen molar-refractivity contribution in [3.8, 4) is 5.75 Å². The molecule has 0 unspecified atom stereocenters. The maximum absolute atomic E-state index is 8.98. The number of hydrogen-bond acceptors (Lipinski definition) is 3. The molecule has 0 atom stereocenters. The Kier molecular flexibility index (Phi) is 6.16. The minimum atomic E-state index is -0.0466. The SMILES string of the molecule is CCCOc1cccc(CNC(C)(C)CCO)c1. The van der Waals surface area contributed by atoms with Gasteiger partial charge in [0.25, 0.3) is 0 Å². The smallest absolute Gasteiger partial charge is 0.119 e. The normalized spacial score (nSPS) is 11.6. The van der Waals surface area contributed by atoms with Crippen molar-refractivity contribution in [2.45, 2.75) is 45.7 Å². The van der Waals surface area contributed by atoms with E-state index < -0.39 is 0 Å². The van der Waals surface area contributed by atoms with Crippen molar-refractivity contribution in [3.05, 3.63) is 29.8 Å². The van der Waals surface area contributed by atoms with Crippen LogP contribution in [0.2, 0.25) is 0 Å². The molecule has 0 amide bonds. The van der Waals surface area contributed by atoms with E-state index in [4.69, 9.17) is 9.84 Å². The van der Waals surface area contributed by atoms with Gasteiger partial charge in [0.05, 0.1) is 6.61 Å². The summed E-state index contributed by atoms with van der Waals surface area (Å²) in [5.41, 5.74) is 1.16. The van der Waals surface area contributed by atoms with E-state index in [-0.39, 0.29) is 12.1 Å². The summed E-state index contributed by atoms with van der Waals surface area (Å²) in [6.45, 7) is 8.05. The second-order valence-electron chi connectivity index (χ2n) is 5.21. The van der Waals surface area contributed by atoms with Gasteiger partial charge in [-0.1, -0.05) is 19.1 Å². The van der Waals surface area contributed by atoms with Gasteiger partial charge in [-0.25, -0.2) is 0 Å². The van der Waals surface area contributed by atoms with E-state index in [2.05, 4.69) is 38.2 Å². The molecule has 0 bridgehead atoms. The Morgan fingerprint density at radius 1 is 1.33 bits per heavy atom. The first-order valence-electron chi connectivity index (χ1n) is 6.65. The minimum absolute atomic E-state index is 0.0466. The van der Waals surface area contributed by atoms with E-state index in [0.29, 0.717) is 0 Å². The van der Waals surface area contributed by atoms with E-state index in [1.54, 1.807) is 0 Å². The fourth-order valence-corrected chi connectivity index (χ4v) is 1.67. The highest BCUT2D eigenvalue weighted by molar-refractivity contribution is 5.28. The number of benzene rings is 1. The van der Waals surface area contributed by atoms with Gasteiger partial charge in [-0.2, -0.15) is 0 Å². The van der Waals surface area contributed by atoms with Gasteiger partial charge in [0.1, 0.15) is 5.75 Å². The lowest BCUT2D eigenvalue weighted by Crippen LogP contribution is -2.39. The lowest BCUT2D eigenvalue weighted by atomic mass is 10.0. The molecule has 0 spiro atoms. The van der Waals surface area contributed by atoms with Gasteiger partial charge in [-0.15, -0.1) is 0 Å². The Morgan fingerprint density at radius 3 is 2.78 bits per heavy atom. The largest absolute Gasteiger partial charge is 0.494 e.